The average Bonchev–Trinajstić information content (AvgIpc) is 3.63. The van der Waals surface area contributed by atoms with Gasteiger partial charge >= 0.3 is 0 Å². The molecule has 0 aliphatic heterocycles. The second kappa shape index (κ2) is 14.4. The molecule has 59 heavy (non-hydrogen) atoms. The van der Waals surface area contributed by atoms with Gasteiger partial charge in [0, 0.05) is 33.4 Å². The largest absolute Gasteiger partial charge is 0.355 e. The maximum atomic E-state index is 3.76. The van der Waals surface area contributed by atoms with Crippen LogP contribution in [-0.4, -0.2) is 4.57 Å². The number of nitrogens with zero attached hydrogens (tertiary/aromatic N) is 1. The molecule has 10 aromatic carbocycles. The average molecular weight is 753 g/mol. The second-order valence-corrected chi connectivity index (χ2v) is 15.5. The van der Waals surface area contributed by atoms with Crippen LogP contribution in [0.2, 0.25) is 0 Å². The molecule has 1 heterocycles. The molecule has 1 N–H and O–H groups in total. The zero-order valence-corrected chi connectivity index (χ0v) is 32.7. The molecule has 0 unspecified atom stereocenters. The Kier molecular flexibility index (Phi) is 8.41. The number of benzene rings is 10. The minimum Gasteiger partial charge on any atom is -0.355 e. The Hall–Kier alpha value is -7.68. The Morgan fingerprint density at radius 1 is 0.356 bits per heavy atom. The second-order valence-electron chi connectivity index (χ2n) is 15.5. The van der Waals surface area contributed by atoms with Gasteiger partial charge in [-0.25, -0.2) is 0 Å². The SMILES string of the molecule is Cc1ccc(-c2cccc3cccc(-c4ccc5c(c4)c4ccccc4n5-c4ccc(-c5ccccc5)cc4)c23)cc1-c1ccccc1Nc1ccc2ccccc2c1. The van der Waals surface area contributed by atoms with E-state index < -0.39 is 0 Å². The highest BCUT2D eigenvalue weighted by Gasteiger charge is 2.17. The molecule has 0 bridgehead atoms. The van der Waals surface area contributed by atoms with Gasteiger partial charge in [-0.3, -0.25) is 0 Å². The molecule has 0 atom stereocenters. The lowest BCUT2D eigenvalue weighted by Gasteiger charge is -2.17. The van der Waals surface area contributed by atoms with Gasteiger partial charge in [-0.15, -0.1) is 0 Å². The van der Waals surface area contributed by atoms with Crippen LogP contribution in [0, 0.1) is 6.92 Å². The van der Waals surface area contributed by atoms with E-state index in [0.717, 1.165) is 17.1 Å². The molecule has 0 saturated carbocycles. The molecule has 0 saturated heterocycles. The standard InChI is InChI=1S/C57H40N2/c1-38-25-26-44(36-52(38)50-19-7-9-23-54(50)58-46-31-27-40-15-5-6-16-43(40)35-46)48-21-11-17-42-18-12-22-49(57(42)48)45-30-34-56-53(37-45)51-20-8-10-24-55(51)59(56)47-32-28-41(29-33-47)39-13-3-2-4-14-39/h2-37,58H,1H3. The van der Waals surface area contributed by atoms with Gasteiger partial charge in [0.2, 0.25) is 0 Å². The molecule has 278 valence electrons. The van der Waals surface area contributed by atoms with E-state index in [9.17, 15) is 0 Å². The lowest BCUT2D eigenvalue weighted by atomic mass is 9.89. The van der Waals surface area contributed by atoms with Gasteiger partial charge < -0.3 is 9.88 Å². The minimum absolute atomic E-state index is 1.07. The lowest BCUT2D eigenvalue weighted by molar-refractivity contribution is 1.18. The molecule has 0 spiro atoms. The first-order valence-corrected chi connectivity index (χ1v) is 20.3. The molecule has 2 nitrogen and oxygen atoms in total. The van der Waals surface area contributed by atoms with Crippen LogP contribution in [0.5, 0.6) is 0 Å². The van der Waals surface area contributed by atoms with Crippen molar-refractivity contribution in [2.45, 2.75) is 6.92 Å². The number of nitrogens with one attached hydrogen (secondary N) is 1. The van der Waals surface area contributed by atoms with E-state index in [1.54, 1.807) is 0 Å². The quantitative estimate of drug-likeness (QED) is 0.172. The van der Waals surface area contributed by atoms with Crippen molar-refractivity contribution in [2.75, 3.05) is 5.32 Å². The van der Waals surface area contributed by atoms with Crippen LogP contribution >= 0.6 is 0 Å². The van der Waals surface area contributed by atoms with E-state index in [4.69, 9.17) is 0 Å². The van der Waals surface area contributed by atoms with Crippen LogP contribution in [0.1, 0.15) is 5.56 Å². The van der Waals surface area contributed by atoms with Crippen LogP contribution < -0.4 is 5.32 Å². The van der Waals surface area contributed by atoms with E-state index in [2.05, 4.69) is 235 Å². The molecule has 0 aliphatic carbocycles. The van der Waals surface area contributed by atoms with Gasteiger partial charge in [0.25, 0.3) is 0 Å². The van der Waals surface area contributed by atoms with Crippen LogP contribution in [0.15, 0.2) is 218 Å². The summed E-state index contributed by atoms with van der Waals surface area (Å²) in [6, 6.07) is 79.4. The van der Waals surface area contributed by atoms with E-state index >= 15 is 0 Å². The predicted octanol–water partition coefficient (Wildman–Crippen LogP) is 15.8. The Bertz CT molecular complexity index is 3350. The summed E-state index contributed by atoms with van der Waals surface area (Å²) in [6.45, 7) is 2.21. The highest BCUT2D eigenvalue weighted by atomic mass is 15.0. The molecular formula is C57H40N2. The first kappa shape index (κ1) is 34.6. The van der Waals surface area contributed by atoms with Crippen molar-refractivity contribution < 1.29 is 0 Å². The highest BCUT2D eigenvalue weighted by molar-refractivity contribution is 6.13. The van der Waals surface area contributed by atoms with Gasteiger partial charge in [0.1, 0.15) is 0 Å². The van der Waals surface area contributed by atoms with Gasteiger partial charge in [0.15, 0.2) is 0 Å². The van der Waals surface area contributed by atoms with E-state index in [0.29, 0.717) is 0 Å². The molecular weight excluding hydrogens is 713 g/mol. The molecule has 1 aromatic heterocycles. The lowest BCUT2D eigenvalue weighted by Crippen LogP contribution is -1.95. The van der Waals surface area contributed by atoms with Gasteiger partial charge in [-0.05, 0) is 128 Å². The molecule has 0 aliphatic rings. The van der Waals surface area contributed by atoms with Crippen molar-refractivity contribution in [2.24, 2.45) is 0 Å². The molecule has 0 fully saturated rings. The summed E-state index contributed by atoms with van der Waals surface area (Å²) in [5, 5.41) is 11.2. The zero-order valence-electron chi connectivity index (χ0n) is 32.7. The van der Waals surface area contributed by atoms with Crippen LogP contribution in [0.25, 0.3) is 93.5 Å². The Balaban J connectivity index is 1.01. The van der Waals surface area contributed by atoms with Crippen molar-refractivity contribution in [1.82, 2.24) is 4.57 Å². The summed E-state index contributed by atoms with van der Waals surface area (Å²) in [6.07, 6.45) is 0. The number of para-hydroxylation sites is 2. The number of anilines is 2. The molecule has 2 heteroatoms. The van der Waals surface area contributed by atoms with Crippen molar-refractivity contribution >= 4 is 54.7 Å². The van der Waals surface area contributed by atoms with Crippen molar-refractivity contribution in [3.8, 4) is 50.2 Å². The topological polar surface area (TPSA) is 17.0 Å². The van der Waals surface area contributed by atoms with Crippen LogP contribution in [-0.2, 0) is 0 Å². The van der Waals surface area contributed by atoms with E-state index in [-0.39, 0.29) is 0 Å². The van der Waals surface area contributed by atoms with Gasteiger partial charge in [-0.1, -0.05) is 164 Å². The third kappa shape index (κ3) is 6.14. The fourth-order valence-electron chi connectivity index (χ4n) is 9.00. The number of aryl methyl sites for hydroxylation is 1. The fourth-order valence-corrected chi connectivity index (χ4v) is 9.00. The summed E-state index contributed by atoms with van der Waals surface area (Å²) >= 11 is 0. The Labute approximate surface area is 344 Å². The summed E-state index contributed by atoms with van der Waals surface area (Å²) in [5.41, 5.74) is 16.6. The monoisotopic (exact) mass is 752 g/mol. The molecule has 11 aromatic rings. The summed E-state index contributed by atoms with van der Waals surface area (Å²) < 4.78 is 2.40. The predicted molar refractivity (Wildman–Crippen MR) is 252 cm³/mol. The van der Waals surface area contributed by atoms with E-state index in [1.165, 1.54) is 93.4 Å². The van der Waals surface area contributed by atoms with Crippen molar-refractivity contribution in [3.63, 3.8) is 0 Å². The number of hydrogen-bond acceptors (Lipinski definition) is 1. The zero-order chi connectivity index (χ0) is 39.3. The fraction of sp³-hybridized carbons (Fsp3) is 0.0175. The maximum Gasteiger partial charge on any atom is 0.0541 e. The van der Waals surface area contributed by atoms with Gasteiger partial charge in [0.05, 0.1) is 11.0 Å². The molecule has 0 radical (unpaired) electrons. The number of hydrogen-bond donors (Lipinski definition) is 1. The van der Waals surface area contributed by atoms with Crippen molar-refractivity contribution in [3.05, 3.63) is 224 Å². The van der Waals surface area contributed by atoms with E-state index in [1.807, 2.05) is 0 Å². The van der Waals surface area contributed by atoms with Gasteiger partial charge in [-0.2, -0.15) is 0 Å². The summed E-state index contributed by atoms with van der Waals surface area (Å²) in [5.74, 6) is 0. The Morgan fingerprint density at radius 2 is 0.966 bits per heavy atom. The minimum atomic E-state index is 1.07. The molecule has 0 amide bonds. The van der Waals surface area contributed by atoms with Crippen LogP contribution in [0.3, 0.4) is 0 Å². The molecule has 11 rings (SSSR count). The van der Waals surface area contributed by atoms with Crippen molar-refractivity contribution in [1.29, 1.82) is 0 Å². The maximum absolute atomic E-state index is 3.76. The number of fused-ring (bicyclic) bond motifs is 5. The Morgan fingerprint density at radius 3 is 1.80 bits per heavy atom. The smallest absolute Gasteiger partial charge is 0.0541 e. The normalized spacial score (nSPS) is 11.5. The van der Waals surface area contributed by atoms with Crippen LogP contribution in [0.4, 0.5) is 11.4 Å². The number of aromatic nitrogens is 1. The first-order valence-electron chi connectivity index (χ1n) is 20.3. The third-order valence-electron chi connectivity index (χ3n) is 11.9. The number of rotatable bonds is 7. The summed E-state index contributed by atoms with van der Waals surface area (Å²) in [7, 11) is 0. The summed E-state index contributed by atoms with van der Waals surface area (Å²) in [4.78, 5) is 0. The highest BCUT2D eigenvalue weighted by Crippen LogP contribution is 2.42. The third-order valence-corrected chi connectivity index (χ3v) is 11.9. The first-order chi connectivity index (χ1) is 29.2.